The van der Waals surface area contributed by atoms with Crippen LogP contribution < -0.4 is 0 Å². The van der Waals surface area contributed by atoms with E-state index in [0.717, 1.165) is 11.8 Å². The molecule has 2 heterocycles. The molecule has 0 bridgehead atoms. The third-order valence-corrected chi connectivity index (χ3v) is 2.99. The Morgan fingerprint density at radius 2 is 2.22 bits per heavy atom. The molecule has 0 aliphatic heterocycles. The van der Waals surface area contributed by atoms with Gasteiger partial charge in [-0.25, -0.2) is 19.7 Å². The van der Waals surface area contributed by atoms with E-state index in [4.69, 9.17) is 9.52 Å². The zero-order valence-corrected chi connectivity index (χ0v) is 10.6. The Labute approximate surface area is 107 Å². The fraction of sp³-hybridized carbons (Fsp3) is 0.273. The second-order valence-corrected chi connectivity index (χ2v) is 4.79. The average Bonchev–Trinajstić information content (AvgIpc) is 2.81. The van der Waals surface area contributed by atoms with E-state index in [9.17, 15) is 4.79 Å². The Morgan fingerprint density at radius 1 is 1.44 bits per heavy atom. The Kier molecular flexibility index (Phi) is 3.61. The van der Waals surface area contributed by atoms with Crippen LogP contribution in [0, 0.1) is 0 Å². The van der Waals surface area contributed by atoms with E-state index in [1.165, 1.54) is 18.7 Å². The van der Waals surface area contributed by atoms with Crippen LogP contribution >= 0.6 is 11.8 Å². The maximum absolute atomic E-state index is 11.2. The number of aromatic nitrogens is 3. The zero-order valence-electron chi connectivity index (χ0n) is 9.82. The van der Waals surface area contributed by atoms with Crippen molar-refractivity contribution in [2.45, 2.75) is 29.9 Å². The Balaban J connectivity index is 2.37. The molecule has 0 aliphatic carbocycles. The van der Waals surface area contributed by atoms with Crippen LogP contribution in [0.4, 0.5) is 0 Å². The summed E-state index contributed by atoms with van der Waals surface area (Å²) in [7, 11) is 0. The molecule has 0 unspecified atom stereocenters. The highest BCUT2D eigenvalue weighted by Gasteiger charge is 2.17. The van der Waals surface area contributed by atoms with Crippen molar-refractivity contribution in [2.24, 2.45) is 0 Å². The van der Waals surface area contributed by atoms with Crippen LogP contribution in [0.1, 0.15) is 36.1 Å². The van der Waals surface area contributed by atoms with Gasteiger partial charge in [-0.2, -0.15) is 0 Å². The van der Waals surface area contributed by atoms with Gasteiger partial charge in [-0.05, 0) is 11.8 Å². The van der Waals surface area contributed by atoms with Gasteiger partial charge in [0.15, 0.2) is 5.69 Å². The van der Waals surface area contributed by atoms with Crippen molar-refractivity contribution in [1.29, 1.82) is 0 Å². The minimum absolute atomic E-state index is 0.0306. The lowest BCUT2D eigenvalue weighted by atomic mass is 10.2. The lowest BCUT2D eigenvalue weighted by molar-refractivity contribution is 0.0685. The average molecular weight is 265 g/mol. The summed E-state index contributed by atoms with van der Waals surface area (Å²) in [6, 6.07) is 0. The van der Waals surface area contributed by atoms with Crippen LogP contribution in [-0.2, 0) is 0 Å². The summed E-state index contributed by atoms with van der Waals surface area (Å²) in [6.45, 7) is 3.81. The van der Waals surface area contributed by atoms with Gasteiger partial charge < -0.3 is 9.52 Å². The molecule has 2 rings (SSSR count). The summed E-state index contributed by atoms with van der Waals surface area (Å²) >= 11 is 1.09. The van der Waals surface area contributed by atoms with Gasteiger partial charge in [-0.15, -0.1) is 0 Å². The zero-order chi connectivity index (χ0) is 13.1. The van der Waals surface area contributed by atoms with E-state index in [-0.39, 0.29) is 11.6 Å². The fourth-order valence-corrected chi connectivity index (χ4v) is 1.99. The molecular formula is C11H11N3O3S. The van der Waals surface area contributed by atoms with Gasteiger partial charge in [0.25, 0.3) is 5.22 Å². The molecule has 18 heavy (non-hydrogen) atoms. The predicted molar refractivity (Wildman–Crippen MR) is 63.7 cm³/mol. The number of rotatable bonds is 4. The molecule has 0 atom stereocenters. The summed E-state index contributed by atoms with van der Waals surface area (Å²) < 4.78 is 5.05. The minimum atomic E-state index is -1.09. The maximum Gasteiger partial charge on any atom is 0.355 e. The van der Waals surface area contributed by atoms with Gasteiger partial charge in [0.2, 0.25) is 0 Å². The van der Waals surface area contributed by atoms with Gasteiger partial charge in [-0.1, -0.05) is 13.8 Å². The number of nitrogens with zero attached hydrogens (tertiary/aromatic N) is 3. The molecule has 0 fully saturated rings. The molecule has 6 nitrogen and oxygen atoms in total. The lowest BCUT2D eigenvalue weighted by Crippen LogP contribution is -2.08. The molecule has 0 amide bonds. The Hall–Kier alpha value is -1.89. The first-order chi connectivity index (χ1) is 8.58. The summed E-state index contributed by atoms with van der Waals surface area (Å²) in [6.07, 6.45) is 4.40. The molecule has 2 aromatic rings. The van der Waals surface area contributed by atoms with Gasteiger partial charge >= 0.3 is 5.97 Å². The second kappa shape index (κ2) is 5.18. The van der Waals surface area contributed by atoms with Crippen LogP contribution in [0.25, 0.3) is 0 Å². The monoisotopic (exact) mass is 265 g/mol. The summed E-state index contributed by atoms with van der Waals surface area (Å²) in [5, 5.41) is 9.51. The molecule has 0 saturated carbocycles. The highest BCUT2D eigenvalue weighted by molar-refractivity contribution is 7.99. The molecule has 0 radical (unpaired) electrons. The summed E-state index contributed by atoms with van der Waals surface area (Å²) in [5.41, 5.74) is -0.0306. The van der Waals surface area contributed by atoms with Crippen molar-refractivity contribution < 1.29 is 14.3 Å². The molecule has 0 saturated heterocycles. The van der Waals surface area contributed by atoms with Gasteiger partial charge in [0.05, 0.1) is 11.1 Å². The molecule has 2 aromatic heterocycles. The number of carboxylic acid groups (broad SMARTS) is 1. The molecule has 94 valence electrons. The number of hydrogen-bond acceptors (Lipinski definition) is 6. The highest BCUT2D eigenvalue weighted by Crippen LogP contribution is 2.28. The van der Waals surface area contributed by atoms with E-state index in [1.807, 2.05) is 13.8 Å². The largest absolute Gasteiger partial charge is 0.476 e. The Bertz CT molecular complexity index is 555. The summed E-state index contributed by atoms with van der Waals surface area (Å²) in [5.74, 6) is -0.513. The lowest BCUT2D eigenvalue weighted by Gasteiger charge is -2.07. The number of carboxylic acids is 1. The third-order valence-electron chi connectivity index (χ3n) is 2.10. The second-order valence-electron chi connectivity index (χ2n) is 3.80. The van der Waals surface area contributed by atoms with E-state index in [0.29, 0.717) is 15.9 Å². The molecule has 0 spiro atoms. The van der Waals surface area contributed by atoms with Crippen molar-refractivity contribution in [3.8, 4) is 0 Å². The number of carbonyl (C=O) groups is 1. The first-order valence-electron chi connectivity index (χ1n) is 5.25. The minimum Gasteiger partial charge on any atom is -0.476 e. The quantitative estimate of drug-likeness (QED) is 0.907. The van der Waals surface area contributed by atoms with E-state index < -0.39 is 5.97 Å². The predicted octanol–water partition coefficient (Wildman–Crippen LogP) is 2.44. The van der Waals surface area contributed by atoms with Crippen molar-refractivity contribution in [2.75, 3.05) is 0 Å². The smallest absolute Gasteiger partial charge is 0.355 e. The van der Waals surface area contributed by atoms with Crippen molar-refractivity contribution in [3.05, 3.63) is 30.2 Å². The topological polar surface area (TPSA) is 89.1 Å². The number of oxazole rings is 1. The molecule has 1 N–H and O–H groups in total. The molecular weight excluding hydrogens is 254 g/mol. The van der Waals surface area contributed by atoms with Gasteiger partial charge in [0.1, 0.15) is 12.1 Å². The van der Waals surface area contributed by atoms with Crippen LogP contribution in [0.5, 0.6) is 0 Å². The number of aromatic carboxylic acids is 1. The maximum atomic E-state index is 11.2. The van der Waals surface area contributed by atoms with Crippen molar-refractivity contribution in [1.82, 2.24) is 15.0 Å². The van der Waals surface area contributed by atoms with Crippen LogP contribution in [0.3, 0.4) is 0 Å². The highest BCUT2D eigenvalue weighted by atomic mass is 32.2. The first kappa shape index (κ1) is 12.6. The molecule has 7 heteroatoms. The van der Waals surface area contributed by atoms with Crippen LogP contribution in [0.15, 0.2) is 33.2 Å². The fourth-order valence-electron chi connectivity index (χ4n) is 1.25. The van der Waals surface area contributed by atoms with Gasteiger partial charge in [0, 0.05) is 12.1 Å². The van der Waals surface area contributed by atoms with Gasteiger partial charge in [-0.3, -0.25) is 0 Å². The van der Waals surface area contributed by atoms with Crippen LogP contribution in [-0.4, -0.2) is 26.0 Å². The van der Waals surface area contributed by atoms with E-state index >= 15 is 0 Å². The Morgan fingerprint density at radius 3 is 2.78 bits per heavy atom. The molecule has 0 aliphatic rings. The van der Waals surface area contributed by atoms with Crippen LogP contribution in [0.2, 0.25) is 0 Å². The van der Waals surface area contributed by atoms with Crippen molar-refractivity contribution in [3.63, 3.8) is 0 Å². The normalized spacial score (nSPS) is 10.8. The van der Waals surface area contributed by atoms with E-state index in [2.05, 4.69) is 15.0 Å². The van der Waals surface area contributed by atoms with Crippen molar-refractivity contribution >= 4 is 17.7 Å². The standard InChI is InChI=1S/C11H11N3O3S/c1-6(2)9-13-5-7(8(14-9)10(15)16)18-11-12-3-4-17-11/h3-6H,1-2H3,(H,15,16). The molecule has 0 aromatic carbocycles. The summed E-state index contributed by atoms with van der Waals surface area (Å²) in [4.78, 5) is 23.7. The third kappa shape index (κ3) is 2.67. The SMILES string of the molecule is CC(C)c1ncc(Sc2ncco2)c(C(=O)O)n1. The first-order valence-corrected chi connectivity index (χ1v) is 6.07. The number of hydrogen-bond donors (Lipinski definition) is 1. The van der Waals surface area contributed by atoms with E-state index in [1.54, 1.807) is 0 Å².